The lowest BCUT2D eigenvalue weighted by Gasteiger charge is -2.04. The van der Waals surface area contributed by atoms with E-state index in [9.17, 15) is 0 Å². The van der Waals surface area contributed by atoms with E-state index in [1.165, 1.54) is 16.9 Å². The minimum atomic E-state index is 0.724. The number of aromatic nitrogens is 2. The Labute approximate surface area is 106 Å². The summed E-state index contributed by atoms with van der Waals surface area (Å²) in [6, 6.07) is 4.11. The van der Waals surface area contributed by atoms with Gasteiger partial charge >= 0.3 is 0 Å². The third-order valence-electron chi connectivity index (χ3n) is 2.45. The molecule has 0 atom stereocenters. The van der Waals surface area contributed by atoms with Crippen molar-refractivity contribution < 1.29 is 0 Å². The van der Waals surface area contributed by atoms with Crippen molar-refractivity contribution in [3.05, 3.63) is 29.3 Å². The lowest BCUT2D eigenvalue weighted by atomic mass is 10.3. The van der Waals surface area contributed by atoms with Crippen LogP contribution in [0.15, 0.2) is 23.7 Å². The Hall–Kier alpha value is -1.42. The minimum absolute atomic E-state index is 0.724. The van der Waals surface area contributed by atoms with E-state index in [0.29, 0.717) is 0 Å². The lowest BCUT2D eigenvalue weighted by molar-refractivity contribution is 0.826. The van der Waals surface area contributed by atoms with E-state index in [2.05, 4.69) is 40.6 Å². The molecule has 0 fully saturated rings. The Kier molecular flexibility index (Phi) is 4.09. The van der Waals surface area contributed by atoms with Crippen LogP contribution in [0.1, 0.15) is 25.3 Å². The van der Waals surface area contributed by atoms with Crippen molar-refractivity contribution in [3.63, 3.8) is 0 Å². The molecule has 0 unspecified atom stereocenters. The van der Waals surface area contributed by atoms with Crippen LogP contribution in [0.5, 0.6) is 0 Å². The van der Waals surface area contributed by atoms with E-state index in [1.54, 1.807) is 11.3 Å². The zero-order valence-corrected chi connectivity index (χ0v) is 11.0. The van der Waals surface area contributed by atoms with Crippen LogP contribution in [-0.2, 0) is 0 Å². The number of aryl methyl sites for hydroxylation is 1. The average molecular weight is 247 g/mol. The summed E-state index contributed by atoms with van der Waals surface area (Å²) in [6.07, 6.45) is 4.13. The molecule has 0 aliphatic carbocycles. The maximum absolute atomic E-state index is 4.52. The van der Waals surface area contributed by atoms with Crippen molar-refractivity contribution in [1.82, 2.24) is 9.97 Å². The van der Waals surface area contributed by atoms with Gasteiger partial charge in [0, 0.05) is 12.7 Å². The molecule has 90 valence electrons. The van der Waals surface area contributed by atoms with Gasteiger partial charge in [0.25, 0.3) is 0 Å². The van der Waals surface area contributed by atoms with E-state index in [1.807, 2.05) is 12.3 Å². The van der Waals surface area contributed by atoms with E-state index in [0.717, 1.165) is 24.6 Å². The number of nitrogens with zero attached hydrogens (tertiary/aromatic N) is 2. The largest absolute Gasteiger partial charge is 0.354 e. The SMILES string of the molecule is CCCCNc1nccc(-c2cc(C)cs2)n1. The maximum Gasteiger partial charge on any atom is 0.223 e. The number of rotatable bonds is 5. The summed E-state index contributed by atoms with van der Waals surface area (Å²) < 4.78 is 0. The quantitative estimate of drug-likeness (QED) is 0.818. The first-order valence-corrected chi connectivity index (χ1v) is 6.80. The van der Waals surface area contributed by atoms with E-state index >= 15 is 0 Å². The predicted octanol–water partition coefficient (Wildman–Crippen LogP) is 3.73. The molecule has 2 rings (SSSR count). The predicted molar refractivity (Wildman–Crippen MR) is 73.5 cm³/mol. The second-order valence-corrected chi connectivity index (χ2v) is 4.95. The second kappa shape index (κ2) is 5.77. The van der Waals surface area contributed by atoms with Crippen LogP contribution in [0.2, 0.25) is 0 Å². The Morgan fingerprint density at radius 1 is 1.41 bits per heavy atom. The Morgan fingerprint density at radius 2 is 2.29 bits per heavy atom. The fourth-order valence-corrected chi connectivity index (χ4v) is 2.39. The molecule has 0 amide bonds. The molecule has 0 saturated heterocycles. The molecule has 0 aromatic carbocycles. The first kappa shape index (κ1) is 12.0. The summed E-state index contributed by atoms with van der Waals surface area (Å²) in [6.45, 7) is 5.21. The third-order valence-corrected chi connectivity index (χ3v) is 3.52. The van der Waals surface area contributed by atoms with Crippen molar-refractivity contribution in [3.8, 4) is 10.6 Å². The average Bonchev–Trinajstić information content (AvgIpc) is 2.77. The van der Waals surface area contributed by atoms with Crippen molar-refractivity contribution in [2.24, 2.45) is 0 Å². The summed E-state index contributed by atoms with van der Waals surface area (Å²) in [5.41, 5.74) is 2.28. The van der Waals surface area contributed by atoms with Gasteiger partial charge in [0.2, 0.25) is 5.95 Å². The van der Waals surface area contributed by atoms with Crippen molar-refractivity contribution in [2.75, 3.05) is 11.9 Å². The molecule has 4 heteroatoms. The molecule has 0 spiro atoms. The van der Waals surface area contributed by atoms with Crippen molar-refractivity contribution in [2.45, 2.75) is 26.7 Å². The van der Waals surface area contributed by atoms with E-state index < -0.39 is 0 Å². The van der Waals surface area contributed by atoms with E-state index in [4.69, 9.17) is 0 Å². The van der Waals surface area contributed by atoms with Crippen LogP contribution < -0.4 is 5.32 Å². The Morgan fingerprint density at radius 3 is 3.00 bits per heavy atom. The van der Waals surface area contributed by atoms with Crippen LogP contribution in [-0.4, -0.2) is 16.5 Å². The lowest BCUT2D eigenvalue weighted by Crippen LogP contribution is -2.04. The fourth-order valence-electron chi connectivity index (χ4n) is 1.52. The molecule has 2 aromatic rings. The van der Waals surface area contributed by atoms with Crippen LogP contribution >= 0.6 is 11.3 Å². The fraction of sp³-hybridized carbons (Fsp3) is 0.385. The number of unbranched alkanes of at least 4 members (excludes halogenated alkanes) is 1. The molecule has 3 nitrogen and oxygen atoms in total. The topological polar surface area (TPSA) is 37.8 Å². The van der Waals surface area contributed by atoms with Gasteiger partial charge in [0.15, 0.2) is 0 Å². The number of hydrogen-bond donors (Lipinski definition) is 1. The molecule has 2 aromatic heterocycles. The summed E-state index contributed by atoms with van der Waals surface area (Å²) in [5.74, 6) is 0.724. The highest BCUT2D eigenvalue weighted by Crippen LogP contribution is 2.25. The van der Waals surface area contributed by atoms with Crippen molar-refractivity contribution >= 4 is 17.3 Å². The van der Waals surface area contributed by atoms with Gasteiger partial charge in [0.1, 0.15) is 0 Å². The maximum atomic E-state index is 4.52. The molecule has 1 N–H and O–H groups in total. The summed E-state index contributed by atoms with van der Waals surface area (Å²) >= 11 is 1.72. The third kappa shape index (κ3) is 3.27. The second-order valence-electron chi connectivity index (χ2n) is 4.03. The zero-order chi connectivity index (χ0) is 12.1. The van der Waals surface area contributed by atoms with Crippen LogP contribution in [0, 0.1) is 6.92 Å². The molecular weight excluding hydrogens is 230 g/mol. The monoisotopic (exact) mass is 247 g/mol. The number of anilines is 1. The Bertz CT molecular complexity index is 479. The molecular formula is C13H17N3S. The van der Waals surface area contributed by atoms with Gasteiger partial charge in [-0.25, -0.2) is 9.97 Å². The zero-order valence-electron chi connectivity index (χ0n) is 10.2. The molecule has 0 aliphatic heterocycles. The normalized spacial score (nSPS) is 10.5. The summed E-state index contributed by atoms with van der Waals surface area (Å²) in [5, 5.41) is 5.39. The smallest absolute Gasteiger partial charge is 0.223 e. The molecule has 17 heavy (non-hydrogen) atoms. The van der Waals surface area contributed by atoms with E-state index in [-0.39, 0.29) is 0 Å². The van der Waals surface area contributed by atoms with Gasteiger partial charge in [-0.05, 0) is 36.4 Å². The van der Waals surface area contributed by atoms with Gasteiger partial charge < -0.3 is 5.32 Å². The van der Waals surface area contributed by atoms with Gasteiger partial charge in [-0.1, -0.05) is 13.3 Å². The minimum Gasteiger partial charge on any atom is -0.354 e. The molecule has 0 bridgehead atoms. The highest BCUT2D eigenvalue weighted by molar-refractivity contribution is 7.13. The van der Waals surface area contributed by atoms with Gasteiger partial charge in [0.05, 0.1) is 10.6 Å². The number of thiophene rings is 1. The number of hydrogen-bond acceptors (Lipinski definition) is 4. The van der Waals surface area contributed by atoms with Crippen molar-refractivity contribution in [1.29, 1.82) is 0 Å². The molecule has 0 aliphatic rings. The van der Waals surface area contributed by atoms with Crippen LogP contribution in [0.3, 0.4) is 0 Å². The van der Waals surface area contributed by atoms with Crippen LogP contribution in [0.4, 0.5) is 5.95 Å². The van der Waals surface area contributed by atoms with Gasteiger partial charge in [-0.2, -0.15) is 0 Å². The highest BCUT2D eigenvalue weighted by Gasteiger charge is 2.03. The standard InChI is InChI=1S/C13H17N3S/c1-3-4-6-14-13-15-7-5-11(16-13)12-8-10(2)9-17-12/h5,7-9H,3-4,6H2,1-2H3,(H,14,15,16). The molecule has 0 radical (unpaired) electrons. The summed E-state index contributed by atoms with van der Waals surface area (Å²) in [4.78, 5) is 9.94. The molecule has 0 saturated carbocycles. The molecule has 2 heterocycles. The first-order valence-electron chi connectivity index (χ1n) is 5.92. The van der Waals surface area contributed by atoms with Crippen LogP contribution in [0.25, 0.3) is 10.6 Å². The summed E-state index contributed by atoms with van der Waals surface area (Å²) in [7, 11) is 0. The first-order chi connectivity index (χ1) is 8.29. The number of nitrogens with one attached hydrogen (secondary N) is 1. The highest BCUT2D eigenvalue weighted by atomic mass is 32.1. The van der Waals surface area contributed by atoms with Gasteiger partial charge in [-0.15, -0.1) is 11.3 Å². The van der Waals surface area contributed by atoms with Gasteiger partial charge in [-0.3, -0.25) is 0 Å². The Balaban J connectivity index is 2.11.